The molecule has 0 N–H and O–H groups in total. The van der Waals surface area contributed by atoms with E-state index in [1.165, 1.54) is 0 Å². The summed E-state index contributed by atoms with van der Waals surface area (Å²) in [5.41, 5.74) is 2.71. The van der Waals surface area contributed by atoms with Crippen molar-refractivity contribution in [2.24, 2.45) is 5.92 Å². The first-order valence-corrected chi connectivity index (χ1v) is 16.9. The predicted molar refractivity (Wildman–Crippen MR) is 185 cm³/mol. The second kappa shape index (κ2) is 15.0. The second-order valence-electron chi connectivity index (χ2n) is 14.2. The van der Waals surface area contributed by atoms with Crippen molar-refractivity contribution in [3.05, 3.63) is 82.1 Å². The fourth-order valence-electron chi connectivity index (χ4n) is 6.30. The molecular weight excluding hydrogens is 612 g/mol. The molecule has 3 aromatic rings. The second-order valence-corrected chi connectivity index (χ2v) is 14.7. The number of aromatic nitrogens is 2. The first kappa shape index (κ1) is 34.6. The van der Waals surface area contributed by atoms with E-state index in [1.54, 1.807) is 6.07 Å². The summed E-state index contributed by atoms with van der Waals surface area (Å²) in [6.45, 7) is 17.5. The van der Waals surface area contributed by atoms with E-state index in [0.29, 0.717) is 29.7 Å². The number of halogens is 1. The molecule has 2 aliphatic heterocycles. The van der Waals surface area contributed by atoms with Crippen molar-refractivity contribution in [2.75, 3.05) is 57.3 Å². The van der Waals surface area contributed by atoms with E-state index in [1.807, 2.05) is 57.3 Å². The minimum Gasteiger partial charge on any atom is -0.487 e. The topological polar surface area (TPSA) is 94.8 Å². The van der Waals surface area contributed by atoms with Gasteiger partial charge in [-0.2, -0.15) is 5.26 Å². The van der Waals surface area contributed by atoms with Crippen molar-refractivity contribution >= 4 is 23.5 Å². The van der Waals surface area contributed by atoms with Crippen molar-refractivity contribution in [1.82, 2.24) is 19.8 Å². The van der Waals surface area contributed by atoms with Gasteiger partial charge in [0.25, 0.3) is 0 Å². The Morgan fingerprint density at radius 2 is 1.64 bits per heavy atom. The molecule has 0 radical (unpaired) electrons. The summed E-state index contributed by atoms with van der Waals surface area (Å²) in [5.74, 6) is 2.03. The molecule has 10 heteroatoms. The number of piperazine rings is 1. The lowest BCUT2D eigenvalue weighted by Crippen LogP contribution is -2.49. The molecule has 9 nitrogen and oxygen atoms in total. The first-order chi connectivity index (χ1) is 22.4. The van der Waals surface area contributed by atoms with E-state index in [4.69, 9.17) is 26.1 Å². The number of rotatable bonds is 10. The minimum absolute atomic E-state index is 0.133. The third-order valence-corrected chi connectivity index (χ3v) is 9.28. The van der Waals surface area contributed by atoms with E-state index < -0.39 is 5.60 Å². The van der Waals surface area contributed by atoms with Gasteiger partial charge in [-0.15, -0.1) is 0 Å². The zero-order valence-electron chi connectivity index (χ0n) is 28.3. The molecule has 2 saturated heterocycles. The van der Waals surface area contributed by atoms with Gasteiger partial charge in [0.1, 0.15) is 18.0 Å². The Labute approximate surface area is 284 Å². The van der Waals surface area contributed by atoms with Crippen molar-refractivity contribution in [3.63, 3.8) is 0 Å². The SMILES string of the molecule is CC(C)(C)OC(=O)CN1CCC(CN2CCN(c3nccc(COc4ccc(C(C)(C)c5cc(Cl)cc(C#N)c5)cc4)n3)CC2)CC1. The lowest BCUT2D eigenvalue weighted by molar-refractivity contribution is -0.156. The zero-order valence-corrected chi connectivity index (χ0v) is 29.1. The van der Waals surface area contributed by atoms with Crippen LogP contribution < -0.4 is 9.64 Å². The van der Waals surface area contributed by atoms with E-state index >= 15 is 0 Å². The van der Waals surface area contributed by atoms with Crippen LogP contribution in [0.5, 0.6) is 5.75 Å². The number of piperidine rings is 1. The summed E-state index contributed by atoms with van der Waals surface area (Å²) in [4.78, 5) is 28.6. The molecule has 250 valence electrons. The molecule has 0 amide bonds. The van der Waals surface area contributed by atoms with Gasteiger partial charge in [-0.05, 0) is 100 Å². The summed E-state index contributed by atoms with van der Waals surface area (Å²) >= 11 is 6.28. The summed E-state index contributed by atoms with van der Waals surface area (Å²) in [6.07, 6.45) is 4.03. The molecule has 0 saturated carbocycles. The highest BCUT2D eigenvalue weighted by atomic mass is 35.5. The van der Waals surface area contributed by atoms with Crippen LogP contribution in [0.25, 0.3) is 0 Å². The van der Waals surface area contributed by atoms with E-state index in [-0.39, 0.29) is 11.4 Å². The predicted octanol–water partition coefficient (Wildman–Crippen LogP) is 6.08. The Morgan fingerprint density at radius 1 is 0.936 bits per heavy atom. The molecule has 2 fully saturated rings. The van der Waals surface area contributed by atoms with E-state index in [9.17, 15) is 10.1 Å². The Balaban J connectivity index is 1.07. The normalized spacial score (nSPS) is 16.9. The number of esters is 1. The summed E-state index contributed by atoms with van der Waals surface area (Å²) in [6, 6.07) is 17.6. The average molecular weight is 659 g/mol. The van der Waals surface area contributed by atoms with Gasteiger partial charge in [0.15, 0.2) is 0 Å². The third-order valence-electron chi connectivity index (χ3n) is 9.06. The highest BCUT2D eigenvalue weighted by Crippen LogP contribution is 2.34. The number of likely N-dealkylation sites (tertiary alicyclic amines) is 1. The highest BCUT2D eigenvalue weighted by molar-refractivity contribution is 6.30. The first-order valence-electron chi connectivity index (χ1n) is 16.6. The molecule has 0 spiro atoms. The number of carbonyl (C=O) groups excluding carboxylic acids is 1. The van der Waals surface area contributed by atoms with Crippen LogP contribution in [0.3, 0.4) is 0 Å². The molecule has 2 aromatic carbocycles. The van der Waals surface area contributed by atoms with Crippen LogP contribution in [0.1, 0.15) is 69.8 Å². The number of benzene rings is 2. The molecule has 1 aromatic heterocycles. The van der Waals surface area contributed by atoms with Gasteiger partial charge in [0, 0.05) is 49.4 Å². The van der Waals surface area contributed by atoms with Gasteiger partial charge in [0.05, 0.1) is 23.9 Å². The zero-order chi connectivity index (χ0) is 33.6. The fourth-order valence-corrected chi connectivity index (χ4v) is 6.54. The van der Waals surface area contributed by atoms with Crippen LogP contribution in [-0.2, 0) is 21.6 Å². The molecule has 5 rings (SSSR count). The number of nitriles is 1. The standard InChI is InChI=1S/C37H47ClN6O3/c1-36(2,3)47-34(45)25-42-14-11-27(12-15-42)24-43-16-18-44(19-17-43)35-40-13-10-32(41-35)26-46-33-8-6-29(7-9-33)37(4,5)30-20-28(23-39)21-31(38)22-30/h6-10,13,20-22,27H,11-12,14-19,24-26H2,1-5H3. The van der Waals surface area contributed by atoms with Gasteiger partial charge >= 0.3 is 5.97 Å². The molecular formula is C37H47ClN6O3. The Morgan fingerprint density at radius 3 is 2.30 bits per heavy atom. The molecule has 0 atom stereocenters. The minimum atomic E-state index is -0.436. The van der Waals surface area contributed by atoms with Gasteiger partial charge < -0.3 is 14.4 Å². The largest absolute Gasteiger partial charge is 0.487 e. The van der Waals surface area contributed by atoms with Crippen molar-refractivity contribution in [1.29, 1.82) is 5.26 Å². The lowest BCUT2D eigenvalue weighted by atomic mass is 9.78. The molecule has 0 bridgehead atoms. The maximum atomic E-state index is 12.2. The van der Waals surface area contributed by atoms with E-state index in [2.05, 4.69) is 51.7 Å². The summed E-state index contributed by atoms with van der Waals surface area (Å²) < 4.78 is 11.6. The van der Waals surface area contributed by atoms with Gasteiger partial charge in [-0.1, -0.05) is 37.6 Å². The lowest BCUT2D eigenvalue weighted by Gasteiger charge is -2.38. The average Bonchev–Trinajstić information content (AvgIpc) is 3.04. The van der Waals surface area contributed by atoms with Crippen LogP contribution in [-0.4, -0.2) is 83.7 Å². The van der Waals surface area contributed by atoms with Crippen molar-refractivity contribution in [3.8, 4) is 11.8 Å². The number of anilines is 1. The van der Waals surface area contributed by atoms with Crippen molar-refractivity contribution < 1.29 is 14.3 Å². The number of hydrogen-bond acceptors (Lipinski definition) is 9. The van der Waals surface area contributed by atoms with Crippen LogP contribution in [0.15, 0.2) is 54.7 Å². The van der Waals surface area contributed by atoms with Crippen LogP contribution >= 0.6 is 11.6 Å². The molecule has 3 heterocycles. The Kier molecular flexibility index (Phi) is 11.1. The molecule has 2 aliphatic rings. The third kappa shape index (κ3) is 9.66. The Bertz CT molecular complexity index is 1550. The van der Waals surface area contributed by atoms with Gasteiger partial charge in [-0.3, -0.25) is 14.6 Å². The quantitative estimate of drug-likeness (QED) is 0.240. The monoisotopic (exact) mass is 658 g/mol. The van der Waals surface area contributed by atoms with Crippen LogP contribution in [0, 0.1) is 17.2 Å². The smallest absolute Gasteiger partial charge is 0.320 e. The van der Waals surface area contributed by atoms with Gasteiger partial charge in [-0.25, -0.2) is 9.97 Å². The van der Waals surface area contributed by atoms with Gasteiger partial charge in [0.2, 0.25) is 5.95 Å². The number of carbonyl (C=O) groups is 1. The van der Waals surface area contributed by atoms with Crippen LogP contribution in [0.4, 0.5) is 5.95 Å². The molecule has 47 heavy (non-hydrogen) atoms. The van der Waals surface area contributed by atoms with Crippen molar-refractivity contribution in [2.45, 2.75) is 65.1 Å². The van der Waals surface area contributed by atoms with E-state index in [0.717, 1.165) is 87.2 Å². The summed E-state index contributed by atoms with van der Waals surface area (Å²) in [5, 5.41) is 9.92. The molecule has 0 unspecified atom stereocenters. The summed E-state index contributed by atoms with van der Waals surface area (Å²) in [7, 11) is 0. The number of nitrogens with zero attached hydrogens (tertiary/aromatic N) is 6. The Hall–Kier alpha value is -3.71. The maximum Gasteiger partial charge on any atom is 0.320 e. The highest BCUT2D eigenvalue weighted by Gasteiger charge is 2.27. The fraction of sp³-hybridized carbons (Fsp3) is 0.514. The maximum absolute atomic E-state index is 12.2. The van der Waals surface area contributed by atoms with Crippen LogP contribution in [0.2, 0.25) is 5.02 Å². The molecule has 0 aliphatic carbocycles. The number of ether oxygens (including phenoxy) is 2. The number of hydrogen-bond donors (Lipinski definition) is 0.